The van der Waals surface area contributed by atoms with Crippen LogP contribution in [0.15, 0.2) is 0 Å². The fourth-order valence-corrected chi connectivity index (χ4v) is 2.15. The third-order valence-electron chi connectivity index (χ3n) is 3.04. The van der Waals surface area contributed by atoms with Crippen molar-refractivity contribution >= 4 is 23.5 Å². The summed E-state index contributed by atoms with van der Waals surface area (Å²) in [4.78, 5) is 12.2. The van der Waals surface area contributed by atoms with Crippen LogP contribution in [0.2, 0.25) is 5.28 Å². The van der Waals surface area contributed by atoms with E-state index in [0.29, 0.717) is 29.7 Å². The Morgan fingerprint density at radius 2 is 1.56 bits per heavy atom. The highest BCUT2D eigenvalue weighted by Crippen LogP contribution is 2.21. The standard InChI is InChI=1S/C12H22ClN5/c1-7(2)9(8(3)4)6-15-12-17-10(13)16-11(14-5)18-12/h7-9H,6H2,1-5H3,(H2,14,15,16,17,18). The lowest BCUT2D eigenvalue weighted by atomic mass is 9.85. The molecule has 0 saturated carbocycles. The summed E-state index contributed by atoms with van der Waals surface area (Å²) < 4.78 is 0. The van der Waals surface area contributed by atoms with Crippen LogP contribution in [0.4, 0.5) is 11.9 Å². The van der Waals surface area contributed by atoms with Gasteiger partial charge in [-0.25, -0.2) is 0 Å². The molecule has 0 radical (unpaired) electrons. The zero-order valence-corrected chi connectivity index (χ0v) is 12.4. The van der Waals surface area contributed by atoms with E-state index in [2.05, 4.69) is 53.3 Å². The van der Waals surface area contributed by atoms with Crippen LogP contribution >= 0.6 is 11.6 Å². The molecular formula is C12H22ClN5. The summed E-state index contributed by atoms with van der Waals surface area (Å²) in [7, 11) is 1.75. The number of anilines is 2. The Kier molecular flexibility index (Phi) is 5.59. The van der Waals surface area contributed by atoms with E-state index < -0.39 is 0 Å². The molecule has 0 saturated heterocycles. The largest absolute Gasteiger partial charge is 0.357 e. The highest BCUT2D eigenvalue weighted by atomic mass is 35.5. The fourth-order valence-electron chi connectivity index (χ4n) is 1.99. The quantitative estimate of drug-likeness (QED) is 0.833. The maximum Gasteiger partial charge on any atom is 0.228 e. The molecule has 1 aromatic heterocycles. The second-order valence-electron chi connectivity index (χ2n) is 5.03. The molecule has 0 bridgehead atoms. The monoisotopic (exact) mass is 271 g/mol. The lowest BCUT2D eigenvalue weighted by molar-refractivity contribution is 0.304. The number of hydrogen-bond acceptors (Lipinski definition) is 5. The zero-order chi connectivity index (χ0) is 13.7. The van der Waals surface area contributed by atoms with Crippen molar-refractivity contribution in [2.45, 2.75) is 27.7 Å². The lowest BCUT2D eigenvalue weighted by Crippen LogP contribution is -2.25. The molecule has 18 heavy (non-hydrogen) atoms. The average Bonchev–Trinajstić information content (AvgIpc) is 2.27. The second-order valence-corrected chi connectivity index (χ2v) is 5.37. The third kappa shape index (κ3) is 4.29. The summed E-state index contributed by atoms with van der Waals surface area (Å²) in [5.74, 6) is 2.78. The van der Waals surface area contributed by atoms with Crippen molar-refractivity contribution in [2.75, 3.05) is 24.2 Å². The van der Waals surface area contributed by atoms with Gasteiger partial charge in [-0.3, -0.25) is 0 Å². The predicted molar refractivity (Wildman–Crippen MR) is 76.0 cm³/mol. The van der Waals surface area contributed by atoms with Crippen LogP contribution < -0.4 is 10.6 Å². The molecule has 0 amide bonds. The first kappa shape index (κ1) is 15.0. The van der Waals surface area contributed by atoms with Crippen molar-refractivity contribution in [1.82, 2.24) is 15.0 Å². The number of aromatic nitrogens is 3. The van der Waals surface area contributed by atoms with Crippen LogP contribution in [0.5, 0.6) is 0 Å². The van der Waals surface area contributed by atoms with Gasteiger partial charge < -0.3 is 10.6 Å². The van der Waals surface area contributed by atoms with Gasteiger partial charge in [0.05, 0.1) is 0 Å². The van der Waals surface area contributed by atoms with Gasteiger partial charge in [0.1, 0.15) is 0 Å². The minimum atomic E-state index is 0.197. The van der Waals surface area contributed by atoms with E-state index in [4.69, 9.17) is 11.6 Å². The summed E-state index contributed by atoms with van der Waals surface area (Å²) in [6.07, 6.45) is 0. The second kappa shape index (κ2) is 6.73. The van der Waals surface area contributed by atoms with Gasteiger partial charge in [-0.05, 0) is 29.4 Å². The SMILES string of the molecule is CNc1nc(Cl)nc(NCC(C(C)C)C(C)C)n1. The first-order valence-corrected chi connectivity index (χ1v) is 6.65. The maximum absolute atomic E-state index is 5.83. The van der Waals surface area contributed by atoms with E-state index >= 15 is 0 Å². The molecule has 6 heteroatoms. The number of nitrogens with zero attached hydrogens (tertiary/aromatic N) is 3. The molecule has 0 aliphatic heterocycles. The molecule has 0 aromatic carbocycles. The Morgan fingerprint density at radius 1 is 1.00 bits per heavy atom. The lowest BCUT2D eigenvalue weighted by Gasteiger charge is -2.25. The summed E-state index contributed by atoms with van der Waals surface area (Å²) in [5.41, 5.74) is 0. The molecular weight excluding hydrogens is 250 g/mol. The van der Waals surface area contributed by atoms with Crippen molar-refractivity contribution < 1.29 is 0 Å². The molecule has 102 valence electrons. The summed E-state index contributed by atoms with van der Waals surface area (Å²) in [6, 6.07) is 0. The van der Waals surface area contributed by atoms with Gasteiger partial charge in [0.15, 0.2) is 0 Å². The van der Waals surface area contributed by atoms with Crippen LogP contribution in [0, 0.1) is 17.8 Å². The van der Waals surface area contributed by atoms with Crippen molar-refractivity contribution in [3.05, 3.63) is 5.28 Å². The molecule has 0 spiro atoms. The minimum Gasteiger partial charge on any atom is -0.357 e. The highest BCUT2D eigenvalue weighted by molar-refractivity contribution is 6.28. The number of halogens is 1. The average molecular weight is 272 g/mol. The number of rotatable bonds is 6. The van der Waals surface area contributed by atoms with Gasteiger partial charge in [-0.15, -0.1) is 0 Å². The fraction of sp³-hybridized carbons (Fsp3) is 0.750. The van der Waals surface area contributed by atoms with Crippen molar-refractivity contribution in [2.24, 2.45) is 17.8 Å². The number of hydrogen-bond donors (Lipinski definition) is 2. The first-order chi connectivity index (χ1) is 8.43. The number of nitrogens with one attached hydrogen (secondary N) is 2. The first-order valence-electron chi connectivity index (χ1n) is 6.27. The molecule has 0 unspecified atom stereocenters. The topological polar surface area (TPSA) is 62.7 Å². The molecule has 1 aromatic rings. The summed E-state index contributed by atoms with van der Waals surface area (Å²) >= 11 is 5.83. The molecule has 5 nitrogen and oxygen atoms in total. The molecule has 2 N–H and O–H groups in total. The van der Waals surface area contributed by atoms with Crippen molar-refractivity contribution in [3.8, 4) is 0 Å². The Bertz CT molecular complexity index is 373. The van der Waals surface area contributed by atoms with Crippen LogP contribution in [0.1, 0.15) is 27.7 Å². The van der Waals surface area contributed by atoms with Crippen molar-refractivity contribution in [3.63, 3.8) is 0 Å². The van der Waals surface area contributed by atoms with E-state index in [1.807, 2.05) is 0 Å². The van der Waals surface area contributed by atoms with Crippen LogP contribution in [0.25, 0.3) is 0 Å². The van der Waals surface area contributed by atoms with Crippen LogP contribution in [-0.2, 0) is 0 Å². The smallest absolute Gasteiger partial charge is 0.228 e. The van der Waals surface area contributed by atoms with Crippen molar-refractivity contribution in [1.29, 1.82) is 0 Å². The van der Waals surface area contributed by atoms with E-state index in [9.17, 15) is 0 Å². The summed E-state index contributed by atoms with van der Waals surface area (Å²) in [6.45, 7) is 9.74. The van der Waals surface area contributed by atoms with Gasteiger partial charge in [0, 0.05) is 13.6 Å². The van der Waals surface area contributed by atoms with E-state index in [1.165, 1.54) is 0 Å². The van der Waals surface area contributed by atoms with E-state index in [0.717, 1.165) is 6.54 Å². The Labute approximate surface area is 114 Å². The van der Waals surface area contributed by atoms with E-state index in [-0.39, 0.29) is 5.28 Å². The van der Waals surface area contributed by atoms with Gasteiger partial charge in [-0.2, -0.15) is 15.0 Å². The third-order valence-corrected chi connectivity index (χ3v) is 3.21. The molecule has 1 heterocycles. The van der Waals surface area contributed by atoms with Gasteiger partial charge in [0.2, 0.25) is 17.2 Å². The van der Waals surface area contributed by atoms with Gasteiger partial charge >= 0.3 is 0 Å². The van der Waals surface area contributed by atoms with Gasteiger partial charge in [0.25, 0.3) is 0 Å². The Hall–Kier alpha value is -1.10. The molecule has 0 atom stereocenters. The van der Waals surface area contributed by atoms with Crippen LogP contribution in [0.3, 0.4) is 0 Å². The minimum absolute atomic E-state index is 0.197. The molecule has 1 rings (SSSR count). The summed E-state index contributed by atoms with van der Waals surface area (Å²) in [5, 5.41) is 6.29. The molecule has 0 fully saturated rings. The molecule has 0 aliphatic rings. The Morgan fingerprint density at radius 3 is 2.06 bits per heavy atom. The predicted octanol–water partition coefficient (Wildman–Crippen LogP) is 2.91. The highest BCUT2D eigenvalue weighted by Gasteiger charge is 2.17. The van der Waals surface area contributed by atoms with E-state index in [1.54, 1.807) is 7.05 Å². The zero-order valence-electron chi connectivity index (χ0n) is 11.7. The normalized spacial score (nSPS) is 11.4. The van der Waals surface area contributed by atoms with Crippen LogP contribution in [-0.4, -0.2) is 28.5 Å². The molecule has 0 aliphatic carbocycles. The maximum atomic E-state index is 5.83. The van der Waals surface area contributed by atoms with Gasteiger partial charge in [-0.1, -0.05) is 27.7 Å². The Balaban J connectivity index is 2.70.